The van der Waals surface area contributed by atoms with Gasteiger partial charge in [-0.2, -0.15) is 5.10 Å². The lowest BCUT2D eigenvalue weighted by Gasteiger charge is -2.21. The van der Waals surface area contributed by atoms with Crippen LogP contribution < -0.4 is 5.32 Å². The van der Waals surface area contributed by atoms with Crippen molar-refractivity contribution < 1.29 is 4.79 Å². The van der Waals surface area contributed by atoms with Crippen molar-refractivity contribution in [2.24, 2.45) is 0 Å². The highest BCUT2D eigenvalue weighted by Crippen LogP contribution is 2.28. The summed E-state index contributed by atoms with van der Waals surface area (Å²) in [6.45, 7) is 5.27. The fraction of sp³-hybridized carbons (Fsp3) is 0.471. The van der Waals surface area contributed by atoms with Gasteiger partial charge < -0.3 is 5.32 Å². The normalized spacial score (nSPS) is 14.4. The SMILES string of the molecule is CC(C)n1nccc1NC(=O)CN(Cc1ccncc1)C1CC1. The lowest BCUT2D eigenvalue weighted by molar-refractivity contribution is -0.117. The Morgan fingerprint density at radius 1 is 1.30 bits per heavy atom. The maximum atomic E-state index is 12.4. The van der Waals surface area contributed by atoms with Crippen LogP contribution >= 0.6 is 0 Å². The molecule has 23 heavy (non-hydrogen) atoms. The second kappa shape index (κ2) is 6.91. The van der Waals surface area contributed by atoms with E-state index in [1.165, 1.54) is 18.4 Å². The highest BCUT2D eigenvalue weighted by molar-refractivity contribution is 5.91. The summed E-state index contributed by atoms with van der Waals surface area (Å²) < 4.78 is 1.82. The van der Waals surface area contributed by atoms with E-state index in [2.05, 4.69) is 20.3 Å². The van der Waals surface area contributed by atoms with E-state index in [0.717, 1.165) is 12.4 Å². The Morgan fingerprint density at radius 2 is 2.04 bits per heavy atom. The monoisotopic (exact) mass is 313 g/mol. The smallest absolute Gasteiger partial charge is 0.239 e. The highest BCUT2D eigenvalue weighted by atomic mass is 16.2. The largest absolute Gasteiger partial charge is 0.310 e. The number of carbonyl (C=O) groups excluding carboxylic acids is 1. The molecule has 1 aliphatic carbocycles. The Hall–Kier alpha value is -2.21. The number of pyridine rings is 1. The lowest BCUT2D eigenvalue weighted by Crippen LogP contribution is -2.35. The number of hydrogen-bond acceptors (Lipinski definition) is 4. The van der Waals surface area contributed by atoms with Crippen molar-refractivity contribution in [2.75, 3.05) is 11.9 Å². The second-order valence-electron chi connectivity index (χ2n) is 6.29. The molecular weight excluding hydrogens is 290 g/mol. The third-order valence-electron chi connectivity index (χ3n) is 3.97. The Balaban J connectivity index is 1.61. The predicted octanol–water partition coefficient (Wildman–Crippen LogP) is 2.46. The van der Waals surface area contributed by atoms with Crippen molar-refractivity contribution in [3.05, 3.63) is 42.4 Å². The van der Waals surface area contributed by atoms with Gasteiger partial charge in [0.15, 0.2) is 0 Å². The molecule has 122 valence electrons. The van der Waals surface area contributed by atoms with E-state index in [4.69, 9.17) is 0 Å². The summed E-state index contributed by atoms with van der Waals surface area (Å²) in [5, 5.41) is 7.22. The van der Waals surface area contributed by atoms with Gasteiger partial charge in [-0.15, -0.1) is 0 Å². The van der Waals surface area contributed by atoms with Crippen LogP contribution in [0.3, 0.4) is 0 Å². The molecule has 0 radical (unpaired) electrons. The molecule has 2 aromatic rings. The summed E-state index contributed by atoms with van der Waals surface area (Å²) in [6.07, 6.45) is 7.64. The fourth-order valence-corrected chi connectivity index (χ4v) is 2.67. The molecule has 6 nitrogen and oxygen atoms in total. The zero-order valence-electron chi connectivity index (χ0n) is 13.6. The van der Waals surface area contributed by atoms with Gasteiger partial charge in [0.25, 0.3) is 0 Å². The number of carbonyl (C=O) groups is 1. The Morgan fingerprint density at radius 3 is 2.70 bits per heavy atom. The molecule has 0 saturated heterocycles. The molecule has 0 spiro atoms. The van der Waals surface area contributed by atoms with Crippen LogP contribution in [0, 0.1) is 0 Å². The minimum Gasteiger partial charge on any atom is -0.310 e. The molecular formula is C17H23N5O. The van der Waals surface area contributed by atoms with Gasteiger partial charge in [0.1, 0.15) is 5.82 Å². The number of rotatable bonds is 7. The Labute approximate surface area is 136 Å². The van der Waals surface area contributed by atoms with Gasteiger partial charge in [-0.3, -0.25) is 14.7 Å². The Kier molecular flexibility index (Phi) is 4.71. The van der Waals surface area contributed by atoms with E-state index in [1.54, 1.807) is 18.6 Å². The van der Waals surface area contributed by atoms with E-state index in [-0.39, 0.29) is 11.9 Å². The molecule has 2 aromatic heterocycles. The summed E-state index contributed by atoms with van der Waals surface area (Å²) in [5.74, 6) is 0.762. The van der Waals surface area contributed by atoms with Gasteiger partial charge in [0, 0.05) is 37.1 Å². The van der Waals surface area contributed by atoms with E-state index in [1.807, 2.05) is 36.7 Å². The molecule has 0 aromatic carbocycles. The summed E-state index contributed by atoms with van der Waals surface area (Å²) in [7, 11) is 0. The molecule has 1 N–H and O–H groups in total. The maximum Gasteiger partial charge on any atom is 0.239 e. The van der Waals surface area contributed by atoms with Gasteiger partial charge in [-0.1, -0.05) is 0 Å². The van der Waals surface area contributed by atoms with Crippen LogP contribution in [-0.4, -0.2) is 38.2 Å². The molecule has 0 aliphatic heterocycles. The first kappa shape index (κ1) is 15.7. The van der Waals surface area contributed by atoms with E-state index < -0.39 is 0 Å². The minimum atomic E-state index is 0.00774. The van der Waals surface area contributed by atoms with Gasteiger partial charge >= 0.3 is 0 Å². The first-order valence-corrected chi connectivity index (χ1v) is 8.10. The number of nitrogens with zero attached hydrogens (tertiary/aromatic N) is 4. The van der Waals surface area contributed by atoms with Gasteiger partial charge in [-0.05, 0) is 44.4 Å². The third-order valence-corrected chi connectivity index (χ3v) is 3.97. The van der Waals surface area contributed by atoms with Crippen molar-refractivity contribution in [1.29, 1.82) is 0 Å². The molecule has 0 bridgehead atoms. The molecule has 1 fully saturated rings. The van der Waals surface area contributed by atoms with Crippen molar-refractivity contribution in [2.45, 2.75) is 45.3 Å². The van der Waals surface area contributed by atoms with E-state index in [0.29, 0.717) is 12.6 Å². The van der Waals surface area contributed by atoms with E-state index >= 15 is 0 Å². The van der Waals surface area contributed by atoms with Crippen LogP contribution in [0.4, 0.5) is 5.82 Å². The number of aromatic nitrogens is 3. The van der Waals surface area contributed by atoms with Crippen LogP contribution in [0.1, 0.15) is 38.3 Å². The standard InChI is InChI=1S/C17H23N5O/c1-13(2)22-16(7-10-19-22)20-17(23)12-21(15-3-4-15)11-14-5-8-18-9-6-14/h5-10,13,15H,3-4,11-12H2,1-2H3,(H,20,23). The highest BCUT2D eigenvalue weighted by Gasteiger charge is 2.30. The van der Waals surface area contributed by atoms with Crippen molar-refractivity contribution in [3.63, 3.8) is 0 Å². The minimum absolute atomic E-state index is 0.00774. The number of amides is 1. The molecule has 0 atom stereocenters. The Bertz CT molecular complexity index is 648. The van der Waals surface area contributed by atoms with Crippen LogP contribution in [0.25, 0.3) is 0 Å². The summed E-state index contributed by atoms with van der Waals surface area (Å²) in [5.41, 5.74) is 1.19. The van der Waals surface area contributed by atoms with Gasteiger partial charge in [0.05, 0.1) is 12.7 Å². The molecule has 2 heterocycles. The van der Waals surface area contributed by atoms with Crippen LogP contribution in [0.5, 0.6) is 0 Å². The van der Waals surface area contributed by atoms with Gasteiger partial charge in [0.2, 0.25) is 5.91 Å². The number of anilines is 1. The molecule has 0 unspecified atom stereocenters. The number of nitrogens with one attached hydrogen (secondary N) is 1. The molecule has 3 rings (SSSR count). The topological polar surface area (TPSA) is 63.1 Å². The number of hydrogen-bond donors (Lipinski definition) is 1. The average Bonchev–Trinajstić information content (AvgIpc) is 3.27. The quantitative estimate of drug-likeness (QED) is 0.853. The van der Waals surface area contributed by atoms with Crippen LogP contribution in [0.15, 0.2) is 36.8 Å². The summed E-state index contributed by atoms with van der Waals surface area (Å²) in [6, 6.07) is 6.57. The van der Waals surface area contributed by atoms with Crippen molar-refractivity contribution in [1.82, 2.24) is 19.7 Å². The van der Waals surface area contributed by atoms with E-state index in [9.17, 15) is 4.79 Å². The molecule has 1 amide bonds. The van der Waals surface area contributed by atoms with Crippen LogP contribution in [-0.2, 0) is 11.3 Å². The van der Waals surface area contributed by atoms with Crippen LogP contribution in [0.2, 0.25) is 0 Å². The fourth-order valence-electron chi connectivity index (χ4n) is 2.67. The average molecular weight is 313 g/mol. The summed E-state index contributed by atoms with van der Waals surface area (Å²) >= 11 is 0. The van der Waals surface area contributed by atoms with Gasteiger partial charge in [-0.25, -0.2) is 4.68 Å². The third kappa shape index (κ3) is 4.16. The molecule has 6 heteroatoms. The maximum absolute atomic E-state index is 12.4. The first-order valence-electron chi connectivity index (χ1n) is 8.10. The molecule has 1 saturated carbocycles. The second-order valence-corrected chi connectivity index (χ2v) is 6.29. The first-order chi connectivity index (χ1) is 11.1. The lowest BCUT2D eigenvalue weighted by atomic mass is 10.2. The van der Waals surface area contributed by atoms with Crippen molar-refractivity contribution >= 4 is 11.7 Å². The zero-order valence-corrected chi connectivity index (χ0v) is 13.6. The molecule has 1 aliphatic rings. The van der Waals surface area contributed by atoms with Crippen molar-refractivity contribution in [3.8, 4) is 0 Å². The summed E-state index contributed by atoms with van der Waals surface area (Å²) in [4.78, 5) is 18.7. The predicted molar refractivity (Wildman–Crippen MR) is 88.9 cm³/mol. The zero-order chi connectivity index (χ0) is 16.2.